The van der Waals surface area contributed by atoms with Gasteiger partial charge in [-0.15, -0.1) is 0 Å². The van der Waals surface area contributed by atoms with Gasteiger partial charge >= 0.3 is 6.03 Å². The number of amides is 3. The highest BCUT2D eigenvalue weighted by Crippen LogP contribution is 2.34. The molecule has 3 amide bonds. The van der Waals surface area contributed by atoms with Gasteiger partial charge in [0.1, 0.15) is 17.7 Å². The first kappa shape index (κ1) is 32.0. The number of halogens is 1. The monoisotopic (exact) mass is 642 g/mol. The van der Waals surface area contributed by atoms with Gasteiger partial charge in [-0.3, -0.25) is 4.79 Å². The smallest absolute Gasteiger partial charge is 0.323 e. The van der Waals surface area contributed by atoms with Gasteiger partial charge < -0.3 is 34.9 Å². The Morgan fingerprint density at radius 1 is 1.04 bits per heavy atom. The van der Waals surface area contributed by atoms with Gasteiger partial charge in [0.2, 0.25) is 22.7 Å². The summed E-state index contributed by atoms with van der Waals surface area (Å²) in [6, 6.07) is 13.4. The number of urea groups is 1. The minimum Gasteiger partial charge on any atom is -0.488 e. The molecule has 0 saturated heterocycles. The normalized spacial score (nSPS) is 18.7. The lowest BCUT2D eigenvalue weighted by Gasteiger charge is -2.33. The third kappa shape index (κ3) is 7.30. The molecule has 0 bridgehead atoms. The van der Waals surface area contributed by atoms with Crippen LogP contribution in [0, 0.1) is 11.7 Å². The van der Waals surface area contributed by atoms with Gasteiger partial charge in [-0.25, -0.2) is 17.6 Å². The number of benzene rings is 3. The number of likely N-dealkylation sites (N-methyl/N-ethyl adjacent to an activating group) is 1. The van der Waals surface area contributed by atoms with Crippen LogP contribution in [0.4, 0.5) is 20.6 Å². The third-order valence-electron chi connectivity index (χ3n) is 7.76. The summed E-state index contributed by atoms with van der Waals surface area (Å²) in [5.74, 6) is 0.284. The average molecular weight is 643 g/mol. The van der Waals surface area contributed by atoms with Crippen LogP contribution in [0.15, 0.2) is 65.6 Å². The number of carbonyl (C=O) groups excluding carboxylic acids is 2. The predicted octanol–water partition coefficient (Wildman–Crippen LogP) is 3.67. The van der Waals surface area contributed by atoms with Gasteiger partial charge in [0.05, 0.1) is 30.5 Å². The molecule has 0 aromatic heterocycles. The fourth-order valence-electron chi connectivity index (χ4n) is 5.13. The Hall–Kier alpha value is -4.40. The van der Waals surface area contributed by atoms with E-state index < -0.39 is 34.0 Å². The Morgan fingerprint density at radius 2 is 1.69 bits per heavy atom. The summed E-state index contributed by atoms with van der Waals surface area (Å²) in [5.41, 5.74) is 1.35. The largest absolute Gasteiger partial charge is 0.488 e. The summed E-state index contributed by atoms with van der Waals surface area (Å²) >= 11 is 0. The number of anilines is 2. The standard InChI is InChI=1S/C31H35FN4O8S/c1-19-15-36(20(2)17-37)30(38)13-21-12-23(33-31(39)34-24-7-11-27-28(14-24)43-18-42-27)6-10-26(21)44-29(19)16-35(3)45(40,41)25-8-4-22(32)5-9-25/h4-12,14,19-20,29,37H,13,15-18H2,1-3H3,(H2,33,34,39)/t19-,20+,29+/m1/s1. The van der Waals surface area contributed by atoms with E-state index in [2.05, 4.69) is 10.6 Å². The molecule has 2 heterocycles. The van der Waals surface area contributed by atoms with Crippen LogP contribution in [-0.4, -0.2) is 80.4 Å². The molecule has 0 saturated carbocycles. The molecule has 0 aliphatic carbocycles. The lowest BCUT2D eigenvalue weighted by atomic mass is 10.0. The minimum atomic E-state index is -3.98. The maximum atomic E-state index is 13.5. The summed E-state index contributed by atoms with van der Waals surface area (Å²) in [6.45, 7) is 3.53. The second-order valence-corrected chi connectivity index (χ2v) is 13.1. The number of aliphatic hydroxyl groups excluding tert-OH is 1. The number of carbonyl (C=O) groups is 2. The zero-order valence-electron chi connectivity index (χ0n) is 25.0. The molecule has 12 nitrogen and oxygen atoms in total. The van der Waals surface area contributed by atoms with Crippen molar-refractivity contribution in [3.8, 4) is 17.2 Å². The van der Waals surface area contributed by atoms with Crippen molar-refractivity contribution in [2.75, 3.05) is 44.2 Å². The van der Waals surface area contributed by atoms with Crippen molar-refractivity contribution in [1.29, 1.82) is 0 Å². The van der Waals surface area contributed by atoms with Crippen LogP contribution < -0.4 is 24.8 Å². The Morgan fingerprint density at radius 3 is 2.38 bits per heavy atom. The van der Waals surface area contributed by atoms with E-state index in [0.717, 1.165) is 16.4 Å². The van der Waals surface area contributed by atoms with Crippen molar-refractivity contribution in [3.05, 3.63) is 72.0 Å². The van der Waals surface area contributed by atoms with Crippen molar-refractivity contribution in [3.63, 3.8) is 0 Å². The van der Waals surface area contributed by atoms with Gasteiger partial charge in [-0.1, -0.05) is 6.92 Å². The molecule has 0 spiro atoms. The van der Waals surface area contributed by atoms with E-state index in [0.29, 0.717) is 34.2 Å². The van der Waals surface area contributed by atoms with Gasteiger partial charge in [-0.2, -0.15) is 4.31 Å². The molecular weight excluding hydrogens is 607 g/mol. The number of aliphatic hydroxyl groups is 1. The Balaban J connectivity index is 1.38. The van der Waals surface area contributed by atoms with Gasteiger partial charge in [0.25, 0.3) is 0 Å². The molecule has 0 fully saturated rings. The topological polar surface area (TPSA) is 147 Å². The van der Waals surface area contributed by atoms with Crippen molar-refractivity contribution < 1.29 is 41.7 Å². The van der Waals surface area contributed by atoms with E-state index in [1.54, 1.807) is 48.2 Å². The molecule has 3 N–H and O–H groups in total. The number of sulfonamides is 1. The molecule has 5 rings (SSSR count). The first-order valence-electron chi connectivity index (χ1n) is 14.3. The van der Waals surface area contributed by atoms with E-state index in [-0.39, 0.29) is 49.6 Å². The number of nitrogens with one attached hydrogen (secondary N) is 2. The van der Waals surface area contributed by atoms with Gasteiger partial charge in [0.15, 0.2) is 11.5 Å². The van der Waals surface area contributed by atoms with E-state index in [1.807, 2.05) is 6.92 Å². The summed E-state index contributed by atoms with van der Waals surface area (Å²) < 4.78 is 58.2. The van der Waals surface area contributed by atoms with Crippen molar-refractivity contribution in [1.82, 2.24) is 9.21 Å². The maximum absolute atomic E-state index is 13.5. The molecule has 0 unspecified atom stereocenters. The molecular formula is C31H35FN4O8S. The van der Waals surface area contributed by atoms with Crippen LogP contribution in [0.3, 0.4) is 0 Å². The zero-order valence-corrected chi connectivity index (χ0v) is 25.8. The van der Waals surface area contributed by atoms with Crippen LogP contribution in [0.25, 0.3) is 0 Å². The quantitative estimate of drug-likeness (QED) is 0.338. The van der Waals surface area contributed by atoms with E-state index in [4.69, 9.17) is 14.2 Å². The summed E-state index contributed by atoms with van der Waals surface area (Å²) in [5, 5.41) is 15.4. The second-order valence-electron chi connectivity index (χ2n) is 11.1. The van der Waals surface area contributed by atoms with Crippen LogP contribution in [-0.2, 0) is 21.2 Å². The Bertz CT molecular complexity index is 1670. The first-order chi connectivity index (χ1) is 21.4. The molecule has 3 aromatic rings. The van der Waals surface area contributed by atoms with Crippen LogP contribution in [0.5, 0.6) is 17.2 Å². The predicted molar refractivity (Wildman–Crippen MR) is 163 cm³/mol. The lowest BCUT2D eigenvalue weighted by molar-refractivity contribution is -0.134. The van der Waals surface area contributed by atoms with Crippen LogP contribution in [0.2, 0.25) is 0 Å². The van der Waals surface area contributed by atoms with E-state index >= 15 is 0 Å². The molecule has 3 atom stereocenters. The SMILES string of the molecule is C[C@@H]1CN([C@@H](C)CO)C(=O)Cc2cc(NC(=O)Nc3ccc4c(c3)OCO4)ccc2O[C@H]1CN(C)S(=O)(=O)c1ccc(F)cc1. The maximum Gasteiger partial charge on any atom is 0.323 e. The fourth-order valence-corrected chi connectivity index (χ4v) is 6.31. The molecule has 45 heavy (non-hydrogen) atoms. The van der Waals surface area contributed by atoms with Gasteiger partial charge in [0, 0.05) is 42.5 Å². The minimum absolute atomic E-state index is 0.0667. The lowest BCUT2D eigenvalue weighted by Crippen LogP contribution is -2.48. The fraction of sp³-hybridized carbons (Fsp3) is 0.355. The van der Waals surface area contributed by atoms with Crippen molar-refractivity contribution >= 4 is 33.3 Å². The highest BCUT2D eigenvalue weighted by Gasteiger charge is 2.33. The molecule has 2 aliphatic heterocycles. The summed E-state index contributed by atoms with van der Waals surface area (Å²) in [6.07, 6.45) is -0.793. The van der Waals surface area contributed by atoms with Crippen LogP contribution in [0.1, 0.15) is 19.4 Å². The van der Waals surface area contributed by atoms with Crippen LogP contribution >= 0.6 is 0 Å². The molecule has 2 aliphatic rings. The molecule has 14 heteroatoms. The Kier molecular flexibility index (Phi) is 9.46. The number of ether oxygens (including phenoxy) is 3. The van der Waals surface area contributed by atoms with E-state index in [9.17, 15) is 27.5 Å². The third-order valence-corrected chi connectivity index (χ3v) is 9.60. The molecule has 240 valence electrons. The van der Waals surface area contributed by atoms with Crippen molar-refractivity contribution in [2.24, 2.45) is 5.92 Å². The summed E-state index contributed by atoms with van der Waals surface area (Å²) in [4.78, 5) is 27.8. The number of fused-ring (bicyclic) bond motifs is 2. The highest BCUT2D eigenvalue weighted by molar-refractivity contribution is 7.89. The van der Waals surface area contributed by atoms with Crippen molar-refractivity contribution in [2.45, 2.75) is 37.3 Å². The number of rotatable bonds is 8. The first-order valence-corrected chi connectivity index (χ1v) is 15.8. The summed E-state index contributed by atoms with van der Waals surface area (Å²) in [7, 11) is -2.57. The Labute approximate surface area is 260 Å². The second kappa shape index (κ2) is 13.3. The highest BCUT2D eigenvalue weighted by atomic mass is 32.2. The number of hydrogen-bond donors (Lipinski definition) is 3. The number of nitrogens with zero attached hydrogens (tertiary/aromatic N) is 2. The zero-order chi connectivity index (χ0) is 32.3. The average Bonchev–Trinajstić information content (AvgIpc) is 3.49. The number of hydrogen-bond acceptors (Lipinski definition) is 8. The van der Waals surface area contributed by atoms with E-state index in [1.165, 1.54) is 19.2 Å². The molecule has 0 radical (unpaired) electrons. The molecule has 3 aromatic carbocycles. The van der Waals surface area contributed by atoms with Gasteiger partial charge in [-0.05, 0) is 61.5 Å².